The van der Waals surface area contributed by atoms with Crippen LogP contribution in [0.5, 0.6) is 0 Å². The van der Waals surface area contributed by atoms with Gasteiger partial charge in [-0.3, -0.25) is 0 Å². The van der Waals surface area contributed by atoms with Gasteiger partial charge in [0.2, 0.25) is 0 Å². The summed E-state index contributed by atoms with van der Waals surface area (Å²) in [4.78, 5) is 0. The first-order chi connectivity index (χ1) is 14.1. The van der Waals surface area contributed by atoms with E-state index in [0.717, 1.165) is 68.1 Å². The molecule has 9 atom stereocenters. The van der Waals surface area contributed by atoms with Crippen molar-refractivity contribution in [3.8, 4) is 0 Å². The Morgan fingerprint density at radius 1 is 0.867 bits per heavy atom. The molecule has 4 rings (SSSR count). The van der Waals surface area contributed by atoms with E-state index in [9.17, 15) is 10.2 Å². The van der Waals surface area contributed by atoms with Crippen LogP contribution in [0.4, 0.5) is 0 Å². The van der Waals surface area contributed by atoms with Crippen molar-refractivity contribution >= 4 is 0 Å². The Balaban J connectivity index is 1.45. The van der Waals surface area contributed by atoms with E-state index in [2.05, 4.69) is 34.6 Å². The lowest BCUT2D eigenvalue weighted by molar-refractivity contribution is -0.152. The summed E-state index contributed by atoms with van der Waals surface area (Å²) >= 11 is 0. The molecule has 7 unspecified atom stereocenters. The summed E-state index contributed by atoms with van der Waals surface area (Å²) < 4.78 is 0. The van der Waals surface area contributed by atoms with Gasteiger partial charge in [-0.05, 0) is 130 Å². The number of hydrogen-bond acceptors (Lipinski definition) is 2. The Kier molecular flexibility index (Phi) is 6.44. The van der Waals surface area contributed by atoms with Crippen molar-refractivity contribution in [3.05, 3.63) is 0 Å². The Labute approximate surface area is 186 Å². The Morgan fingerprint density at radius 3 is 2.30 bits per heavy atom. The minimum absolute atomic E-state index is 0.0935. The van der Waals surface area contributed by atoms with E-state index in [4.69, 9.17) is 0 Å². The lowest BCUT2D eigenvalue weighted by Crippen LogP contribution is -2.55. The molecular formula is C28H50O2. The molecule has 2 nitrogen and oxygen atoms in total. The standard InChI is InChI=1S/C28H50O2/c1-6-28(30)16-15-27(5)21(18-28)8-11-23-24-12-9-20(17-22(29)10-7-19(2)3)26(24,4)14-13-25(23)27/h19-25,29-30H,6-18H2,1-5H3/t20?,21?,22-,23?,24?,25?,26?,27?,28-/m0/s1. The molecule has 0 heterocycles. The normalized spacial score (nSPS) is 49.4. The molecule has 2 heteroatoms. The molecule has 0 aromatic heterocycles. The van der Waals surface area contributed by atoms with Crippen LogP contribution < -0.4 is 0 Å². The molecule has 0 spiro atoms. The minimum Gasteiger partial charge on any atom is -0.393 e. The second-order valence-electron chi connectivity index (χ2n) is 13.1. The van der Waals surface area contributed by atoms with E-state index < -0.39 is 0 Å². The number of rotatable bonds is 6. The minimum atomic E-state index is -0.384. The summed E-state index contributed by atoms with van der Waals surface area (Å²) in [5, 5.41) is 21.7. The smallest absolute Gasteiger partial charge is 0.0648 e. The monoisotopic (exact) mass is 418 g/mol. The summed E-state index contributed by atoms with van der Waals surface area (Å²) in [6.45, 7) is 11.9. The predicted molar refractivity (Wildman–Crippen MR) is 125 cm³/mol. The third-order valence-electron chi connectivity index (χ3n) is 11.3. The first-order valence-corrected chi connectivity index (χ1v) is 13.5. The van der Waals surface area contributed by atoms with E-state index in [-0.39, 0.29) is 11.7 Å². The number of aliphatic hydroxyl groups is 2. The highest BCUT2D eigenvalue weighted by molar-refractivity contribution is 5.10. The van der Waals surface area contributed by atoms with Crippen LogP contribution in [0, 0.1) is 46.3 Å². The fraction of sp³-hybridized carbons (Fsp3) is 1.00. The largest absolute Gasteiger partial charge is 0.393 e. The molecule has 0 aliphatic heterocycles. The number of fused-ring (bicyclic) bond motifs is 5. The van der Waals surface area contributed by atoms with Gasteiger partial charge in [-0.1, -0.05) is 34.6 Å². The van der Waals surface area contributed by atoms with Gasteiger partial charge in [0.15, 0.2) is 0 Å². The quantitative estimate of drug-likeness (QED) is 0.489. The van der Waals surface area contributed by atoms with Gasteiger partial charge >= 0.3 is 0 Å². The van der Waals surface area contributed by atoms with Gasteiger partial charge in [0.25, 0.3) is 0 Å². The molecule has 2 N–H and O–H groups in total. The molecule has 4 fully saturated rings. The highest BCUT2D eigenvalue weighted by Gasteiger charge is 2.61. The Morgan fingerprint density at radius 2 is 1.60 bits per heavy atom. The van der Waals surface area contributed by atoms with Crippen molar-refractivity contribution in [1.82, 2.24) is 0 Å². The zero-order chi connectivity index (χ0) is 21.7. The van der Waals surface area contributed by atoms with Gasteiger partial charge in [-0.15, -0.1) is 0 Å². The summed E-state index contributed by atoms with van der Waals surface area (Å²) in [6.07, 6.45) is 15.6. The molecule has 0 bridgehead atoms. The van der Waals surface area contributed by atoms with Crippen LogP contribution in [0.1, 0.15) is 118 Å². The van der Waals surface area contributed by atoms with E-state index in [1.165, 1.54) is 44.9 Å². The van der Waals surface area contributed by atoms with Crippen molar-refractivity contribution < 1.29 is 10.2 Å². The third kappa shape index (κ3) is 3.91. The molecule has 4 aliphatic carbocycles. The zero-order valence-corrected chi connectivity index (χ0v) is 20.6. The first kappa shape index (κ1) is 23.1. The van der Waals surface area contributed by atoms with E-state index >= 15 is 0 Å². The molecule has 0 radical (unpaired) electrons. The summed E-state index contributed by atoms with van der Waals surface area (Å²) in [5.74, 6) is 4.81. The SMILES string of the molecule is CC[C@]1(O)CCC2(C)C(CCC3C4CCC(C[C@@H](O)CCC(C)C)C4(C)CCC32)C1. The van der Waals surface area contributed by atoms with Crippen LogP contribution in [0.3, 0.4) is 0 Å². The summed E-state index contributed by atoms with van der Waals surface area (Å²) in [6, 6.07) is 0. The second-order valence-corrected chi connectivity index (χ2v) is 13.1. The third-order valence-corrected chi connectivity index (χ3v) is 11.3. The van der Waals surface area contributed by atoms with Crippen LogP contribution in [-0.2, 0) is 0 Å². The van der Waals surface area contributed by atoms with Crippen molar-refractivity contribution in [2.75, 3.05) is 0 Å². The Hall–Kier alpha value is -0.0800. The molecule has 0 amide bonds. The van der Waals surface area contributed by atoms with Gasteiger partial charge in [0, 0.05) is 0 Å². The second kappa shape index (κ2) is 8.36. The van der Waals surface area contributed by atoms with E-state index in [0.29, 0.717) is 16.7 Å². The van der Waals surface area contributed by atoms with Crippen LogP contribution in [-0.4, -0.2) is 21.9 Å². The lowest BCUT2D eigenvalue weighted by atomic mass is 9.43. The van der Waals surface area contributed by atoms with Crippen molar-refractivity contribution in [1.29, 1.82) is 0 Å². The van der Waals surface area contributed by atoms with Crippen LogP contribution in [0.2, 0.25) is 0 Å². The van der Waals surface area contributed by atoms with E-state index in [1.807, 2.05) is 0 Å². The maximum atomic E-state index is 11.0. The predicted octanol–water partition coefficient (Wildman–Crippen LogP) is 6.97. The molecule has 0 aromatic carbocycles. The summed E-state index contributed by atoms with van der Waals surface area (Å²) in [5.41, 5.74) is 0.535. The fourth-order valence-corrected chi connectivity index (χ4v) is 9.11. The van der Waals surface area contributed by atoms with Gasteiger partial charge in [-0.25, -0.2) is 0 Å². The van der Waals surface area contributed by atoms with Crippen molar-refractivity contribution in [2.45, 2.75) is 130 Å². The highest BCUT2D eigenvalue weighted by atomic mass is 16.3. The fourth-order valence-electron chi connectivity index (χ4n) is 9.11. The average molecular weight is 419 g/mol. The maximum Gasteiger partial charge on any atom is 0.0648 e. The number of hydrogen-bond donors (Lipinski definition) is 2. The number of aliphatic hydroxyl groups excluding tert-OH is 1. The zero-order valence-electron chi connectivity index (χ0n) is 20.6. The molecular weight excluding hydrogens is 368 g/mol. The van der Waals surface area contributed by atoms with Gasteiger partial charge < -0.3 is 10.2 Å². The van der Waals surface area contributed by atoms with Crippen LogP contribution in [0.15, 0.2) is 0 Å². The topological polar surface area (TPSA) is 40.5 Å². The van der Waals surface area contributed by atoms with E-state index in [1.54, 1.807) is 0 Å². The molecule has 0 aromatic rings. The Bertz CT molecular complexity index is 601. The highest BCUT2D eigenvalue weighted by Crippen LogP contribution is 2.68. The van der Waals surface area contributed by atoms with Crippen molar-refractivity contribution in [3.63, 3.8) is 0 Å². The van der Waals surface area contributed by atoms with Crippen LogP contribution in [0.25, 0.3) is 0 Å². The van der Waals surface area contributed by atoms with Gasteiger partial charge in [-0.2, -0.15) is 0 Å². The molecule has 174 valence electrons. The van der Waals surface area contributed by atoms with Gasteiger partial charge in [0.1, 0.15) is 0 Å². The molecule has 4 aliphatic rings. The lowest BCUT2D eigenvalue weighted by Gasteiger charge is -2.62. The van der Waals surface area contributed by atoms with Crippen LogP contribution >= 0.6 is 0 Å². The first-order valence-electron chi connectivity index (χ1n) is 13.5. The molecule has 30 heavy (non-hydrogen) atoms. The summed E-state index contributed by atoms with van der Waals surface area (Å²) in [7, 11) is 0. The molecule has 0 saturated heterocycles. The maximum absolute atomic E-state index is 11.0. The van der Waals surface area contributed by atoms with Gasteiger partial charge in [0.05, 0.1) is 11.7 Å². The molecule has 4 saturated carbocycles. The average Bonchev–Trinajstić information content (AvgIpc) is 3.03. The van der Waals surface area contributed by atoms with Crippen molar-refractivity contribution in [2.24, 2.45) is 46.3 Å².